The minimum absolute atomic E-state index is 0.0274. The molecule has 1 fully saturated rings. The van der Waals surface area contributed by atoms with Crippen LogP contribution in [0.15, 0.2) is 22.1 Å². The molecule has 0 unspecified atom stereocenters. The van der Waals surface area contributed by atoms with Gasteiger partial charge in [-0.15, -0.1) is 0 Å². The molecule has 218 valence electrons. The van der Waals surface area contributed by atoms with Crippen LogP contribution in [-0.2, 0) is 21.2 Å². The van der Waals surface area contributed by atoms with E-state index in [1.807, 2.05) is 0 Å². The van der Waals surface area contributed by atoms with Crippen LogP contribution in [0, 0.1) is 21.4 Å². The Morgan fingerprint density at radius 2 is 2.08 bits per heavy atom. The lowest BCUT2D eigenvalue weighted by Gasteiger charge is -2.35. The number of nitrogens with two attached hydrogens (primary N) is 1. The average Bonchev–Trinajstić information content (AvgIpc) is 2.84. The van der Waals surface area contributed by atoms with Crippen molar-refractivity contribution in [2.45, 2.75) is 63.3 Å². The molecule has 2 aliphatic rings. The third-order valence-corrected chi connectivity index (χ3v) is 8.77. The number of hydrazone groups is 1. The number of piperidine rings is 1. The van der Waals surface area contributed by atoms with E-state index in [1.165, 1.54) is 6.07 Å². The third kappa shape index (κ3) is 8.64. The van der Waals surface area contributed by atoms with E-state index in [4.69, 9.17) is 17.3 Å². The number of likely N-dealkylation sites (tertiary alicyclic amines) is 1. The number of sulfonamides is 1. The quantitative estimate of drug-likeness (QED) is 0.100. The second kappa shape index (κ2) is 13.1. The Hall–Kier alpha value is -2.71. The van der Waals surface area contributed by atoms with E-state index in [9.17, 15) is 27.7 Å². The maximum absolute atomic E-state index is 13.7. The minimum Gasteiger partial charge on any atom is -0.383 e. The molecule has 1 aromatic carbocycles. The molecule has 1 saturated heterocycles. The van der Waals surface area contributed by atoms with Gasteiger partial charge < -0.3 is 21.3 Å². The largest absolute Gasteiger partial charge is 0.383 e. The lowest BCUT2D eigenvalue weighted by Crippen LogP contribution is -2.51. The molecular formula is C24H37ClFN7O5S. The Balaban J connectivity index is 1.80. The van der Waals surface area contributed by atoms with Gasteiger partial charge in [-0.1, -0.05) is 25.4 Å². The second-order valence-electron chi connectivity index (χ2n) is 10.8. The number of rotatable bonds is 11. The molecule has 12 nitrogen and oxygen atoms in total. The summed E-state index contributed by atoms with van der Waals surface area (Å²) in [6.07, 6.45) is 2.74. The molecule has 1 amide bonds. The van der Waals surface area contributed by atoms with Crippen molar-refractivity contribution in [3.05, 3.63) is 32.8 Å². The van der Waals surface area contributed by atoms with Crippen molar-refractivity contribution < 1.29 is 22.6 Å². The number of nitrogens with zero attached hydrogens (tertiary/aromatic N) is 3. The first-order chi connectivity index (χ1) is 18.3. The summed E-state index contributed by atoms with van der Waals surface area (Å²) in [5, 5.41) is 18.6. The van der Waals surface area contributed by atoms with Crippen molar-refractivity contribution in [2.24, 2.45) is 22.2 Å². The zero-order valence-corrected chi connectivity index (χ0v) is 23.8. The topological polar surface area (TPSA) is 172 Å². The fraction of sp³-hybridized carbons (Fsp3) is 0.667. The number of amides is 1. The SMILES string of the molecule is CC1(C)CNc2c(cc(Cl)cc2S(=O)(=O)N[C@@H](CCCN/C(N)=N/[N+](=O)[O-])C(=O)N2CCC(CCF)CC2)C1. The number of hydrogen-bond acceptors (Lipinski definition) is 6. The van der Waals surface area contributed by atoms with Gasteiger partial charge in [-0.3, -0.25) is 9.18 Å². The van der Waals surface area contributed by atoms with E-state index in [0.717, 1.165) is 5.56 Å². The van der Waals surface area contributed by atoms with Gasteiger partial charge in [0, 0.05) is 31.2 Å². The molecule has 3 rings (SSSR count). The molecule has 15 heteroatoms. The molecule has 2 heterocycles. The fourth-order valence-corrected chi connectivity index (χ4v) is 6.82. The van der Waals surface area contributed by atoms with Crippen molar-refractivity contribution in [3.8, 4) is 0 Å². The maximum atomic E-state index is 13.7. The summed E-state index contributed by atoms with van der Waals surface area (Å²) >= 11 is 6.31. The molecule has 2 aliphatic heterocycles. The number of carbonyl (C=O) groups is 1. The Kier molecular flexibility index (Phi) is 10.4. The number of halogens is 2. The molecule has 1 aromatic rings. The van der Waals surface area contributed by atoms with Crippen LogP contribution >= 0.6 is 11.6 Å². The van der Waals surface area contributed by atoms with Gasteiger partial charge in [-0.05, 0) is 67.6 Å². The minimum atomic E-state index is -4.19. The van der Waals surface area contributed by atoms with E-state index in [0.29, 0.717) is 51.0 Å². The Morgan fingerprint density at radius 1 is 1.38 bits per heavy atom. The summed E-state index contributed by atoms with van der Waals surface area (Å²) < 4.78 is 42.7. The van der Waals surface area contributed by atoms with Crippen molar-refractivity contribution in [1.82, 2.24) is 14.9 Å². The van der Waals surface area contributed by atoms with Crippen LogP contribution in [0.25, 0.3) is 0 Å². The number of benzene rings is 1. The average molecular weight is 590 g/mol. The summed E-state index contributed by atoms with van der Waals surface area (Å²) in [6.45, 7) is 5.25. The number of nitro groups is 1. The van der Waals surface area contributed by atoms with E-state index >= 15 is 0 Å². The van der Waals surface area contributed by atoms with Crippen molar-refractivity contribution in [2.75, 3.05) is 38.2 Å². The number of carbonyl (C=O) groups excluding carboxylic acids is 1. The predicted molar refractivity (Wildman–Crippen MR) is 147 cm³/mol. The van der Waals surface area contributed by atoms with Gasteiger partial charge >= 0.3 is 0 Å². The molecule has 0 bridgehead atoms. The first kappa shape index (κ1) is 30.8. The van der Waals surface area contributed by atoms with Gasteiger partial charge in [0.05, 0.1) is 12.4 Å². The van der Waals surface area contributed by atoms with Crippen molar-refractivity contribution in [3.63, 3.8) is 0 Å². The third-order valence-electron chi connectivity index (χ3n) is 7.05. The molecule has 39 heavy (non-hydrogen) atoms. The van der Waals surface area contributed by atoms with Crippen LogP contribution < -0.4 is 21.1 Å². The van der Waals surface area contributed by atoms with Crippen LogP contribution in [0.4, 0.5) is 10.1 Å². The summed E-state index contributed by atoms with van der Waals surface area (Å²) in [7, 11) is -4.19. The summed E-state index contributed by atoms with van der Waals surface area (Å²) in [6, 6.07) is 2.02. The van der Waals surface area contributed by atoms with Gasteiger partial charge in [-0.25, -0.2) is 18.5 Å². The highest BCUT2D eigenvalue weighted by Crippen LogP contribution is 2.38. The number of fused-ring (bicyclic) bond motifs is 1. The smallest absolute Gasteiger partial charge is 0.266 e. The lowest BCUT2D eigenvalue weighted by molar-refractivity contribution is -0.485. The highest BCUT2D eigenvalue weighted by atomic mass is 35.5. The highest BCUT2D eigenvalue weighted by molar-refractivity contribution is 7.89. The fourth-order valence-electron chi connectivity index (χ4n) is 5.04. The van der Waals surface area contributed by atoms with Crippen LogP contribution in [0.1, 0.15) is 51.5 Å². The molecule has 0 radical (unpaired) electrons. The molecule has 5 N–H and O–H groups in total. The Morgan fingerprint density at radius 3 is 2.72 bits per heavy atom. The molecule has 0 saturated carbocycles. The molecule has 0 spiro atoms. The predicted octanol–water partition coefficient (Wildman–Crippen LogP) is 2.46. The van der Waals surface area contributed by atoms with E-state index in [-0.39, 0.29) is 46.5 Å². The molecular weight excluding hydrogens is 553 g/mol. The molecule has 1 atom stereocenters. The Bertz CT molecular complexity index is 1190. The number of hydrogen-bond donors (Lipinski definition) is 4. The van der Waals surface area contributed by atoms with Crippen LogP contribution in [0.5, 0.6) is 0 Å². The number of anilines is 1. The van der Waals surface area contributed by atoms with E-state index in [2.05, 4.69) is 34.3 Å². The zero-order valence-electron chi connectivity index (χ0n) is 22.2. The zero-order chi connectivity index (χ0) is 28.8. The summed E-state index contributed by atoms with van der Waals surface area (Å²) in [5.41, 5.74) is 6.60. The first-order valence-electron chi connectivity index (χ1n) is 13.0. The number of alkyl halides is 1. The van der Waals surface area contributed by atoms with Gasteiger partial charge in [-0.2, -0.15) is 4.72 Å². The van der Waals surface area contributed by atoms with Crippen LogP contribution in [0.2, 0.25) is 5.02 Å². The second-order valence-corrected chi connectivity index (χ2v) is 13.0. The summed E-state index contributed by atoms with van der Waals surface area (Å²) in [5.74, 6) is -0.581. The summed E-state index contributed by atoms with van der Waals surface area (Å²) in [4.78, 5) is 25.6. The van der Waals surface area contributed by atoms with Crippen molar-refractivity contribution in [1.29, 1.82) is 0 Å². The molecule has 0 aliphatic carbocycles. The lowest BCUT2D eigenvalue weighted by atomic mass is 9.82. The van der Waals surface area contributed by atoms with E-state index < -0.39 is 33.7 Å². The number of nitrogens with one attached hydrogen (secondary N) is 3. The molecule has 0 aromatic heterocycles. The van der Waals surface area contributed by atoms with Crippen LogP contribution in [0.3, 0.4) is 0 Å². The van der Waals surface area contributed by atoms with Gasteiger partial charge in [0.15, 0.2) is 5.03 Å². The van der Waals surface area contributed by atoms with Gasteiger partial charge in [0.25, 0.3) is 5.96 Å². The van der Waals surface area contributed by atoms with Crippen LogP contribution in [-0.4, -0.2) is 69.1 Å². The maximum Gasteiger partial charge on any atom is 0.266 e. The highest BCUT2D eigenvalue weighted by Gasteiger charge is 2.35. The van der Waals surface area contributed by atoms with Gasteiger partial charge in [0.2, 0.25) is 15.9 Å². The normalized spacial score (nSPS) is 18.7. The van der Waals surface area contributed by atoms with E-state index in [1.54, 1.807) is 11.0 Å². The standard InChI is InChI=1S/C24H37ClFN7O5S/c1-24(2)14-17-12-18(25)13-20(21(17)29-15-24)39(37,38)31-19(4-3-9-28-23(27)30-33(35)36)22(34)32-10-6-16(5-8-26)7-11-32/h12-13,16,19,29,31H,3-11,14-15H2,1-2H3,(H3,27,28,30)/t19-/m0/s1. The Labute approximate surface area is 233 Å². The van der Waals surface area contributed by atoms with Crippen molar-refractivity contribution >= 4 is 39.2 Å². The van der Waals surface area contributed by atoms with Gasteiger partial charge in [0.1, 0.15) is 16.0 Å². The number of guanidine groups is 1. The monoisotopic (exact) mass is 589 g/mol. The first-order valence-corrected chi connectivity index (χ1v) is 14.8.